The van der Waals surface area contributed by atoms with Crippen LogP contribution in [-0.2, 0) is 42.0 Å². The fourth-order valence-corrected chi connectivity index (χ4v) is 13.6. The van der Waals surface area contributed by atoms with E-state index < -0.39 is 28.8 Å². The van der Waals surface area contributed by atoms with Gasteiger partial charge in [0.2, 0.25) is 0 Å². The van der Waals surface area contributed by atoms with Crippen LogP contribution in [0.4, 0.5) is 17.6 Å². The van der Waals surface area contributed by atoms with E-state index in [0.717, 1.165) is 79.6 Å². The number of benzene rings is 3. The van der Waals surface area contributed by atoms with Crippen LogP contribution in [0.5, 0.6) is 0 Å². The summed E-state index contributed by atoms with van der Waals surface area (Å²) in [6.45, 7) is 0. The number of hydrogen-bond acceptors (Lipinski definition) is 11. The summed E-state index contributed by atoms with van der Waals surface area (Å²) in [5.74, 6) is -1.58. The number of rotatable bonds is 14. The summed E-state index contributed by atoms with van der Waals surface area (Å²) >= 11 is 0. The molecule has 3 aromatic carbocycles. The standard InChI is InChI=1S/C43H37F3N6O.C22H24FN5O2/c1-51-26-38(48-27-51)39(53)22-29-13-11-12-28(20-29)21-37-35(45)24-36(46)41(49-37)40-34-23-33(44)25-47-42(34)52(50-40)43(30-14-5-2-6-15-30,31-16-7-3-8-17-31)32-18-9-4-10-19-32;1-28-21-17(7-14(23)9-25-21)20(27-28)18-11-24-10-15(26-18)8-16-12-3-5-13(6-4-12)19(16)22(29)30-2/h2-10,14-19,23-29H,11-13,20-22H2,1H3;7,9-13,16,19H,3-6,8H2,1-2H3/t28-,29+;12?,13?,16?,19-/m00/s1. The Hall–Kier alpha value is -8.80. The molecule has 4 aliphatic carbocycles. The van der Waals surface area contributed by atoms with Crippen molar-refractivity contribution in [2.24, 2.45) is 49.6 Å². The zero-order chi connectivity index (χ0) is 57.4. The number of ketones is 1. The second-order valence-corrected chi connectivity index (χ2v) is 22.5. The van der Waals surface area contributed by atoms with Gasteiger partial charge in [-0.15, -0.1) is 0 Å². The molecule has 1 unspecified atom stereocenters. The van der Waals surface area contributed by atoms with Gasteiger partial charge in [0.05, 0.1) is 60.1 Å². The second-order valence-electron chi connectivity index (χ2n) is 22.5. The summed E-state index contributed by atoms with van der Waals surface area (Å²) in [4.78, 5) is 52.1. The van der Waals surface area contributed by atoms with Crippen molar-refractivity contribution in [1.82, 2.24) is 54.0 Å². The van der Waals surface area contributed by atoms with E-state index in [1.165, 1.54) is 25.4 Å². The van der Waals surface area contributed by atoms with Crippen LogP contribution in [-0.4, -0.2) is 72.9 Å². The monoisotopic (exact) mass is 1120 g/mol. The van der Waals surface area contributed by atoms with Gasteiger partial charge >= 0.3 is 5.97 Å². The molecule has 4 aliphatic rings. The number of carbonyl (C=O) groups is 2. The molecule has 4 fully saturated rings. The maximum absolute atomic E-state index is 16.1. The van der Waals surface area contributed by atoms with E-state index in [1.54, 1.807) is 45.9 Å². The minimum absolute atomic E-state index is 0.00878. The molecule has 0 saturated heterocycles. The van der Waals surface area contributed by atoms with E-state index in [-0.39, 0.29) is 64.3 Å². The minimum Gasteiger partial charge on any atom is -0.469 e. The molecule has 14 rings (SSSR count). The van der Waals surface area contributed by atoms with Gasteiger partial charge in [0.25, 0.3) is 0 Å². The van der Waals surface area contributed by atoms with E-state index in [2.05, 4.69) is 30.0 Å². The number of hydrogen-bond donors (Lipinski definition) is 0. The highest BCUT2D eigenvalue weighted by molar-refractivity contribution is 5.94. The summed E-state index contributed by atoms with van der Waals surface area (Å²) in [6, 6.07) is 32.9. The zero-order valence-electron chi connectivity index (χ0n) is 46.3. The lowest BCUT2D eigenvalue weighted by molar-refractivity contribution is -0.156. The van der Waals surface area contributed by atoms with E-state index >= 15 is 13.2 Å². The van der Waals surface area contributed by atoms with Crippen molar-refractivity contribution < 1.29 is 31.9 Å². The van der Waals surface area contributed by atoms with Crippen molar-refractivity contribution in [3.63, 3.8) is 0 Å². The lowest BCUT2D eigenvalue weighted by Gasteiger charge is -2.47. The summed E-state index contributed by atoms with van der Waals surface area (Å²) < 4.78 is 70.8. The normalized spacial score (nSPS) is 19.6. The molecule has 10 aromatic rings. The molecule has 0 amide bonds. The first kappa shape index (κ1) is 54.8. The molecule has 2 bridgehead atoms. The van der Waals surface area contributed by atoms with Gasteiger partial charge in [-0.2, -0.15) is 10.2 Å². The number of Topliss-reactive ketones (excluding diaryl/α,β-unsaturated/α-hetero) is 1. The third-order valence-electron chi connectivity index (χ3n) is 17.3. The van der Waals surface area contributed by atoms with Gasteiger partial charge < -0.3 is 9.30 Å². The molecule has 7 aromatic heterocycles. The van der Waals surface area contributed by atoms with Crippen LogP contribution in [0.25, 0.3) is 44.8 Å². The first-order valence-electron chi connectivity index (χ1n) is 28.3. The predicted molar refractivity (Wildman–Crippen MR) is 304 cm³/mol. The molecule has 14 nitrogen and oxygen atoms in total. The molecule has 83 heavy (non-hydrogen) atoms. The number of ether oxygens (including phenoxy) is 1. The molecule has 18 heteroatoms. The largest absolute Gasteiger partial charge is 0.469 e. The number of aromatic nitrogens is 11. The Labute approximate surface area is 477 Å². The Morgan fingerprint density at radius 3 is 1.88 bits per heavy atom. The third-order valence-corrected chi connectivity index (χ3v) is 17.3. The topological polar surface area (TPSA) is 161 Å². The highest BCUT2D eigenvalue weighted by Crippen LogP contribution is 2.51. The summed E-state index contributed by atoms with van der Waals surface area (Å²) in [5, 5.41) is 10.4. The molecule has 0 radical (unpaired) electrons. The SMILES string of the molecule is COC(=O)[C@H]1C2CCC(CC2)C1Cc1cncc(-c2nn(C)c3ncc(F)cc23)n1.Cn1cnc(C(=O)C[C@@H]2CCC[C@H](Cc3nc(-c4nn(C(c5ccccc5)(c5ccccc5)c5ccccc5)c5ncc(F)cc45)c(F)cc3F)C2)c1. The molecule has 7 heterocycles. The number of pyridine rings is 3. The van der Waals surface area contributed by atoms with Crippen molar-refractivity contribution in [2.45, 2.75) is 76.2 Å². The van der Waals surface area contributed by atoms with Gasteiger partial charge in [0, 0.05) is 39.0 Å². The minimum atomic E-state index is -1.13. The highest BCUT2D eigenvalue weighted by atomic mass is 19.1. The summed E-state index contributed by atoms with van der Waals surface area (Å²) in [7, 11) is 5.07. The van der Waals surface area contributed by atoms with E-state index in [9.17, 15) is 14.0 Å². The van der Waals surface area contributed by atoms with Gasteiger partial charge in [-0.1, -0.05) is 104 Å². The first-order chi connectivity index (χ1) is 40.4. The molecule has 0 spiro atoms. The average molecular weight is 1120 g/mol. The number of carbonyl (C=O) groups excluding carboxylic acids is 2. The Morgan fingerprint density at radius 2 is 1.25 bits per heavy atom. The molecular weight excluding hydrogens is 1060 g/mol. The number of halogens is 4. The smallest absolute Gasteiger partial charge is 0.309 e. The first-order valence-corrected chi connectivity index (χ1v) is 28.3. The third kappa shape index (κ3) is 10.7. The number of nitrogens with zero attached hydrogens (tertiary/aromatic N) is 11. The van der Waals surface area contributed by atoms with E-state index in [0.29, 0.717) is 64.9 Å². The van der Waals surface area contributed by atoms with Crippen molar-refractivity contribution >= 4 is 33.8 Å². The quantitative estimate of drug-likeness (QED) is 0.0441. The summed E-state index contributed by atoms with van der Waals surface area (Å²) in [6.07, 6.45) is 18.2. The fraction of sp³-hybridized carbons (Fsp3) is 0.323. The average Bonchev–Trinajstić information content (AvgIpc) is 3.14. The van der Waals surface area contributed by atoms with Gasteiger partial charge in [-0.3, -0.25) is 14.6 Å². The molecule has 0 N–H and O–H groups in total. The van der Waals surface area contributed by atoms with Crippen molar-refractivity contribution in [1.29, 1.82) is 0 Å². The lowest BCUT2D eigenvalue weighted by atomic mass is 9.57. The Kier molecular flexibility index (Phi) is 15.3. The number of aryl methyl sites for hydroxylation is 2. The highest BCUT2D eigenvalue weighted by Gasteiger charge is 2.48. The van der Waals surface area contributed by atoms with Crippen LogP contribution in [0.3, 0.4) is 0 Å². The second kappa shape index (κ2) is 23.2. The number of fused-ring (bicyclic) bond motifs is 5. The molecule has 0 aliphatic heterocycles. The fourth-order valence-electron chi connectivity index (χ4n) is 13.6. The molecule has 4 atom stereocenters. The lowest BCUT2D eigenvalue weighted by Crippen LogP contribution is -2.45. The molecular formula is C65H61F4N11O3. The maximum atomic E-state index is 16.1. The molecule has 422 valence electrons. The van der Waals surface area contributed by atoms with Gasteiger partial charge in [0.15, 0.2) is 22.9 Å². The van der Waals surface area contributed by atoms with E-state index in [1.807, 2.05) is 98.0 Å². The van der Waals surface area contributed by atoms with Crippen LogP contribution in [0.15, 0.2) is 147 Å². The van der Waals surface area contributed by atoms with Gasteiger partial charge in [-0.25, -0.2) is 51.8 Å². The van der Waals surface area contributed by atoms with Crippen LogP contribution in [0.1, 0.15) is 96.4 Å². The number of imidazole rings is 1. The maximum Gasteiger partial charge on any atom is 0.309 e. The zero-order valence-corrected chi connectivity index (χ0v) is 46.3. The van der Waals surface area contributed by atoms with Crippen LogP contribution >= 0.6 is 0 Å². The van der Waals surface area contributed by atoms with Gasteiger partial charge in [-0.05, 0) is 110 Å². The number of methoxy groups -OCH3 is 1. The Bertz CT molecular complexity index is 3880. The van der Waals surface area contributed by atoms with E-state index in [4.69, 9.17) is 14.8 Å². The van der Waals surface area contributed by atoms with Crippen LogP contribution in [0, 0.1) is 58.8 Å². The number of esters is 1. The van der Waals surface area contributed by atoms with Gasteiger partial charge in [0.1, 0.15) is 51.5 Å². The van der Waals surface area contributed by atoms with Crippen molar-refractivity contribution in [3.05, 3.63) is 204 Å². The Morgan fingerprint density at radius 1 is 0.639 bits per heavy atom. The van der Waals surface area contributed by atoms with Crippen LogP contribution in [0.2, 0.25) is 0 Å². The summed E-state index contributed by atoms with van der Waals surface area (Å²) in [5.41, 5.74) is 4.70. The van der Waals surface area contributed by atoms with Crippen molar-refractivity contribution in [3.8, 4) is 22.8 Å². The molecule has 4 saturated carbocycles. The van der Waals surface area contributed by atoms with Crippen molar-refractivity contribution in [2.75, 3.05) is 7.11 Å². The predicted octanol–water partition coefficient (Wildman–Crippen LogP) is 12.4. The van der Waals surface area contributed by atoms with Crippen LogP contribution < -0.4 is 0 Å². The Balaban J connectivity index is 0.000000191.